The molecule has 0 unspecified atom stereocenters. The van der Waals surface area contributed by atoms with Gasteiger partial charge in [-0.05, 0) is 136 Å². The number of hydrogen-bond acceptors (Lipinski definition) is 2. The number of allylic oxidation sites excluding steroid dienone is 9. The van der Waals surface area contributed by atoms with Crippen LogP contribution in [0.3, 0.4) is 0 Å². The van der Waals surface area contributed by atoms with Gasteiger partial charge in [-0.25, -0.2) is 0 Å². The van der Waals surface area contributed by atoms with Crippen LogP contribution in [0.5, 0.6) is 0 Å². The Bertz CT molecular complexity index is 1140. The van der Waals surface area contributed by atoms with Gasteiger partial charge in [0.1, 0.15) is 6.10 Å². The van der Waals surface area contributed by atoms with Crippen molar-refractivity contribution in [3.63, 3.8) is 0 Å². The van der Waals surface area contributed by atoms with Crippen molar-refractivity contribution in [1.82, 2.24) is 0 Å². The van der Waals surface area contributed by atoms with E-state index in [4.69, 9.17) is 4.74 Å². The highest BCUT2D eigenvalue weighted by molar-refractivity contribution is 5.69. The predicted molar refractivity (Wildman–Crippen MR) is 211 cm³/mol. The monoisotopic (exact) mass is 673 g/mol. The fraction of sp³-hybridized carbons (Fsp3) is 0.766. The van der Waals surface area contributed by atoms with Gasteiger partial charge >= 0.3 is 5.97 Å². The number of hydrogen-bond donors (Lipinski definition) is 0. The molecule has 0 aromatic rings. The molecule has 49 heavy (non-hydrogen) atoms. The minimum absolute atomic E-state index is 0.00622. The van der Waals surface area contributed by atoms with Crippen molar-refractivity contribution in [2.45, 2.75) is 182 Å². The summed E-state index contributed by atoms with van der Waals surface area (Å²) in [6, 6.07) is 0. The van der Waals surface area contributed by atoms with Crippen LogP contribution in [0.1, 0.15) is 176 Å². The van der Waals surface area contributed by atoms with Crippen molar-refractivity contribution >= 4 is 5.97 Å². The lowest BCUT2D eigenvalue weighted by atomic mass is 9.47. The van der Waals surface area contributed by atoms with Crippen LogP contribution < -0.4 is 0 Å². The Kier molecular flexibility index (Phi) is 16.5. The first kappa shape index (κ1) is 39.9. The van der Waals surface area contributed by atoms with Crippen molar-refractivity contribution < 1.29 is 9.53 Å². The van der Waals surface area contributed by atoms with Gasteiger partial charge in [-0.2, -0.15) is 0 Å². The molecule has 2 heteroatoms. The van der Waals surface area contributed by atoms with E-state index < -0.39 is 0 Å². The van der Waals surface area contributed by atoms with Gasteiger partial charge in [0.05, 0.1) is 0 Å². The topological polar surface area (TPSA) is 26.3 Å². The van der Waals surface area contributed by atoms with E-state index in [1.165, 1.54) is 83.5 Å². The van der Waals surface area contributed by atoms with E-state index in [1.54, 1.807) is 5.57 Å². The lowest BCUT2D eigenvalue weighted by Gasteiger charge is -2.58. The second-order valence-electron chi connectivity index (χ2n) is 17.6. The highest BCUT2D eigenvalue weighted by Gasteiger charge is 2.59. The molecule has 0 heterocycles. The second-order valence-corrected chi connectivity index (χ2v) is 17.6. The molecule has 0 saturated heterocycles. The van der Waals surface area contributed by atoms with E-state index in [9.17, 15) is 4.79 Å². The molecule has 4 aliphatic carbocycles. The number of unbranched alkanes of at least 4 members (excludes halogenated alkanes) is 4. The molecule has 0 N–H and O–H groups in total. The molecule has 4 rings (SSSR count). The average Bonchev–Trinajstić information content (AvgIpc) is 3.43. The fourth-order valence-corrected chi connectivity index (χ4v) is 10.9. The Morgan fingerprint density at radius 1 is 0.796 bits per heavy atom. The molecule has 3 fully saturated rings. The zero-order chi connectivity index (χ0) is 35.1. The summed E-state index contributed by atoms with van der Waals surface area (Å²) < 4.78 is 6.10. The minimum Gasteiger partial charge on any atom is -0.462 e. The molecule has 0 aromatic carbocycles. The van der Waals surface area contributed by atoms with Crippen molar-refractivity contribution in [3.05, 3.63) is 60.3 Å². The summed E-state index contributed by atoms with van der Waals surface area (Å²) in [5.41, 5.74) is 2.48. The smallest absolute Gasteiger partial charge is 0.306 e. The first-order chi connectivity index (χ1) is 23.7. The molecule has 276 valence electrons. The van der Waals surface area contributed by atoms with Crippen molar-refractivity contribution in [2.75, 3.05) is 0 Å². The second kappa shape index (κ2) is 20.3. The van der Waals surface area contributed by atoms with Crippen LogP contribution in [0.25, 0.3) is 0 Å². The zero-order valence-corrected chi connectivity index (χ0v) is 32.9. The summed E-state index contributed by atoms with van der Waals surface area (Å²) in [5.74, 6) is 5.21. The summed E-state index contributed by atoms with van der Waals surface area (Å²) in [4.78, 5) is 12.8. The summed E-state index contributed by atoms with van der Waals surface area (Å²) in [6.45, 7) is 14.9. The van der Waals surface area contributed by atoms with Crippen LogP contribution >= 0.6 is 0 Å². The van der Waals surface area contributed by atoms with Crippen molar-refractivity contribution in [1.29, 1.82) is 0 Å². The highest BCUT2D eigenvalue weighted by Crippen LogP contribution is 2.67. The summed E-state index contributed by atoms with van der Waals surface area (Å²) in [6.07, 6.45) is 45.7. The predicted octanol–water partition coefficient (Wildman–Crippen LogP) is 14.1. The van der Waals surface area contributed by atoms with Gasteiger partial charge < -0.3 is 4.74 Å². The van der Waals surface area contributed by atoms with E-state index in [2.05, 4.69) is 96.2 Å². The molecular weight excluding hydrogens is 597 g/mol. The van der Waals surface area contributed by atoms with Gasteiger partial charge in [-0.3, -0.25) is 4.79 Å². The van der Waals surface area contributed by atoms with Gasteiger partial charge in [0.25, 0.3) is 0 Å². The Labute approximate surface area is 303 Å². The summed E-state index contributed by atoms with van der Waals surface area (Å²) >= 11 is 0. The first-order valence-corrected chi connectivity index (χ1v) is 21.2. The SMILES string of the molecule is CCCCC/C=C/C/C=C/C/C=C/C/C=C/CCCC(=O)O[C@H]1CC[C@@]2(C)C(=CC[C@@H]3[C@H]4CC[C@@H]([C@H](C)CCCC(C)C)[C@@]4(C)CC[C@H]32)C1. The number of fused-ring (bicyclic) bond motifs is 5. The van der Waals surface area contributed by atoms with Crippen LogP contribution in [0.15, 0.2) is 60.3 Å². The van der Waals surface area contributed by atoms with E-state index in [-0.39, 0.29) is 12.1 Å². The van der Waals surface area contributed by atoms with E-state index in [0.29, 0.717) is 17.3 Å². The van der Waals surface area contributed by atoms with Crippen LogP contribution in [0.2, 0.25) is 0 Å². The molecule has 0 aromatic heterocycles. The molecule has 0 amide bonds. The number of carbonyl (C=O) groups excluding carboxylic acids is 1. The van der Waals surface area contributed by atoms with E-state index in [0.717, 1.165) is 80.5 Å². The Morgan fingerprint density at radius 2 is 1.47 bits per heavy atom. The highest BCUT2D eigenvalue weighted by atomic mass is 16.5. The van der Waals surface area contributed by atoms with Crippen molar-refractivity contribution in [3.8, 4) is 0 Å². The third kappa shape index (κ3) is 11.3. The lowest BCUT2D eigenvalue weighted by molar-refractivity contribution is -0.151. The van der Waals surface area contributed by atoms with Gasteiger partial charge in [0.2, 0.25) is 0 Å². The average molecular weight is 673 g/mol. The number of rotatable bonds is 20. The Hall–Kier alpha value is -1.83. The third-order valence-electron chi connectivity index (χ3n) is 13.8. The number of esters is 1. The largest absolute Gasteiger partial charge is 0.462 e. The molecule has 2 nitrogen and oxygen atoms in total. The van der Waals surface area contributed by atoms with Gasteiger partial charge in [0, 0.05) is 12.8 Å². The Morgan fingerprint density at radius 3 is 2.14 bits per heavy atom. The Balaban J connectivity index is 1.13. The van der Waals surface area contributed by atoms with Crippen LogP contribution in [0.4, 0.5) is 0 Å². The van der Waals surface area contributed by atoms with Crippen LogP contribution in [0, 0.1) is 46.3 Å². The van der Waals surface area contributed by atoms with E-state index >= 15 is 0 Å². The molecule has 8 atom stereocenters. The third-order valence-corrected chi connectivity index (χ3v) is 13.8. The quantitative estimate of drug-likeness (QED) is 0.0731. The standard InChI is InChI=1S/C47H76O2/c1-7-8-9-10-11-12-13-14-15-16-17-18-19-20-21-22-23-27-45(48)49-40-32-34-46(5)39(36-40)28-29-41-43-31-30-42(38(4)26-24-25-37(2)3)47(43,6)35-33-44(41)46/h11-12,14-15,17-18,20-21,28,37-38,40-44H,7-10,13,16,19,22-27,29-36H2,1-6H3/b12-11+,15-14+,18-17+,21-20+/t38-,40+,41-,42+,43-,44-,46+,47-/m1/s1. The fourth-order valence-electron chi connectivity index (χ4n) is 10.9. The molecule has 0 aliphatic heterocycles. The zero-order valence-electron chi connectivity index (χ0n) is 32.9. The molecule has 3 saturated carbocycles. The van der Waals surface area contributed by atoms with Gasteiger partial charge in [0.15, 0.2) is 0 Å². The van der Waals surface area contributed by atoms with Crippen molar-refractivity contribution in [2.24, 2.45) is 46.3 Å². The maximum absolute atomic E-state index is 12.8. The molecular formula is C47H76O2. The van der Waals surface area contributed by atoms with Crippen LogP contribution in [-0.2, 0) is 9.53 Å². The van der Waals surface area contributed by atoms with E-state index in [1.807, 2.05) is 0 Å². The normalized spacial score (nSPS) is 32.2. The number of carbonyl (C=O) groups is 1. The lowest BCUT2D eigenvalue weighted by Crippen LogP contribution is -2.51. The maximum atomic E-state index is 12.8. The maximum Gasteiger partial charge on any atom is 0.306 e. The first-order valence-electron chi connectivity index (χ1n) is 21.2. The molecule has 0 bridgehead atoms. The molecule has 0 spiro atoms. The number of ether oxygens (including phenoxy) is 1. The summed E-state index contributed by atoms with van der Waals surface area (Å²) in [7, 11) is 0. The molecule has 4 aliphatic rings. The van der Waals surface area contributed by atoms with Gasteiger partial charge in [-0.15, -0.1) is 0 Å². The molecule has 0 radical (unpaired) electrons. The van der Waals surface area contributed by atoms with Gasteiger partial charge in [-0.1, -0.05) is 134 Å². The van der Waals surface area contributed by atoms with Crippen LogP contribution in [-0.4, -0.2) is 12.1 Å². The summed E-state index contributed by atoms with van der Waals surface area (Å²) in [5, 5.41) is 0. The minimum atomic E-state index is 0.00622.